The lowest BCUT2D eigenvalue weighted by atomic mass is 10.1. The molecule has 0 fully saturated rings. The fourth-order valence-electron chi connectivity index (χ4n) is 2.65. The summed E-state index contributed by atoms with van der Waals surface area (Å²) in [7, 11) is 0. The van der Waals surface area contributed by atoms with Crippen LogP contribution in [0.4, 0.5) is 5.69 Å². The van der Waals surface area contributed by atoms with Crippen molar-refractivity contribution in [3.05, 3.63) is 89.4 Å². The number of benzene rings is 3. The third-order valence-corrected chi connectivity index (χ3v) is 4.34. The van der Waals surface area contributed by atoms with E-state index in [-0.39, 0.29) is 11.7 Å². The summed E-state index contributed by atoms with van der Waals surface area (Å²) in [5.41, 5.74) is 1.36. The molecular weight excluding hydrogens is 374 g/mol. The van der Waals surface area contributed by atoms with Crippen molar-refractivity contribution in [3.8, 4) is 11.5 Å². The highest BCUT2D eigenvalue weighted by Crippen LogP contribution is 2.24. The Hall–Kier alpha value is -3.11. The van der Waals surface area contributed by atoms with Crippen molar-refractivity contribution in [1.82, 2.24) is 0 Å². The Labute approximate surface area is 169 Å². The zero-order valence-corrected chi connectivity index (χ0v) is 16.0. The Morgan fingerprint density at radius 2 is 1.39 bits per heavy atom. The Bertz CT molecular complexity index is 922. The first-order chi connectivity index (χ1) is 13.6. The maximum absolute atomic E-state index is 12.1. The SMILES string of the molecule is O=C(CCCC(=O)c1ccccc1)Nc1ccc(Oc2ccc(Cl)cc2)cc1. The van der Waals surface area contributed by atoms with Gasteiger partial charge in [-0.3, -0.25) is 9.59 Å². The summed E-state index contributed by atoms with van der Waals surface area (Å²) in [6.07, 6.45) is 1.16. The molecule has 0 saturated heterocycles. The van der Waals surface area contributed by atoms with Gasteiger partial charge in [0.05, 0.1) is 0 Å². The molecule has 1 N–H and O–H groups in total. The predicted octanol–water partition coefficient (Wildman–Crippen LogP) is 6.12. The van der Waals surface area contributed by atoms with Crippen LogP contribution in [0.3, 0.4) is 0 Å². The topological polar surface area (TPSA) is 55.4 Å². The fraction of sp³-hybridized carbons (Fsp3) is 0.130. The van der Waals surface area contributed by atoms with Crippen molar-refractivity contribution < 1.29 is 14.3 Å². The third-order valence-electron chi connectivity index (χ3n) is 4.09. The summed E-state index contributed by atoms with van der Waals surface area (Å²) in [6, 6.07) is 23.3. The number of nitrogens with one attached hydrogen (secondary N) is 1. The first-order valence-corrected chi connectivity index (χ1v) is 9.39. The molecule has 0 aliphatic carbocycles. The van der Waals surface area contributed by atoms with E-state index in [1.165, 1.54) is 0 Å². The van der Waals surface area contributed by atoms with Crippen LogP contribution in [0.1, 0.15) is 29.6 Å². The molecule has 0 unspecified atom stereocenters. The molecule has 0 heterocycles. The van der Waals surface area contributed by atoms with Crippen LogP contribution in [0, 0.1) is 0 Å². The highest BCUT2D eigenvalue weighted by atomic mass is 35.5. The van der Waals surface area contributed by atoms with Crippen molar-refractivity contribution in [2.24, 2.45) is 0 Å². The number of halogens is 1. The van der Waals surface area contributed by atoms with E-state index in [0.717, 1.165) is 0 Å². The molecule has 3 rings (SSSR count). The number of carbonyl (C=O) groups is 2. The average molecular weight is 394 g/mol. The molecule has 0 spiro atoms. The Balaban J connectivity index is 1.44. The molecule has 0 aliphatic rings. The van der Waals surface area contributed by atoms with Crippen LogP contribution in [0.5, 0.6) is 11.5 Å². The predicted molar refractivity (Wildman–Crippen MR) is 111 cm³/mol. The standard InChI is InChI=1S/C23H20ClNO3/c24-18-9-13-20(14-10-18)28-21-15-11-19(12-16-21)25-23(27)8-4-7-22(26)17-5-2-1-3-6-17/h1-3,5-6,9-16H,4,7-8H2,(H,25,27). The van der Waals surface area contributed by atoms with E-state index in [4.69, 9.17) is 16.3 Å². The van der Waals surface area contributed by atoms with E-state index in [9.17, 15) is 9.59 Å². The molecular formula is C23H20ClNO3. The van der Waals surface area contributed by atoms with Crippen molar-refractivity contribution in [3.63, 3.8) is 0 Å². The van der Waals surface area contributed by atoms with Crippen molar-refractivity contribution in [2.75, 3.05) is 5.32 Å². The van der Waals surface area contributed by atoms with Gasteiger partial charge in [0.2, 0.25) is 5.91 Å². The van der Waals surface area contributed by atoms with Gasteiger partial charge in [-0.25, -0.2) is 0 Å². The number of amides is 1. The number of Topliss-reactive ketones (excluding diaryl/α,β-unsaturated/α-hetero) is 1. The molecule has 5 heteroatoms. The fourth-order valence-corrected chi connectivity index (χ4v) is 2.77. The molecule has 0 bridgehead atoms. The quantitative estimate of drug-likeness (QED) is 0.469. The molecule has 28 heavy (non-hydrogen) atoms. The Morgan fingerprint density at radius 3 is 2.04 bits per heavy atom. The Morgan fingerprint density at radius 1 is 0.786 bits per heavy atom. The lowest BCUT2D eigenvalue weighted by Crippen LogP contribution is -2.12. The van der Waals surface area contributed by atoms with Crippen LogP contribution in [0.2, 0.25) is 5.02 Å². The molecule has 3 aromatic carbocycles. The number of anilines is 1. The average Bonchev–Trinajstić information content (AvgIpc) is 2.72. The largest absolute Gasteiger partial charge is 0.457 e. The molecule has 0 aromatic heterocycles. The van der Waals surface area contributed by atoms with Gasteiger partial charge in [0.25, 0.3) is 0 Å². The zero-order valence-electron chi connectivity index (χ0n) is 15.2. The smallest absolute Gasteiger partial charge is 0.224 e. The van der Waals surface area contributed by atoms with E-state index in [1.54, 1.807) is 60.7 Å². The van der Waals surface area contributed by atoms with Crippen molar-refractivity contribution in [1.29, 1.82) is 0 Å². The van der Waals surface area contributed by atoms with E-state index < -0.39 is 0 Å². The Kier molecular flexibility index (Phi) is 6.82. The van der Waals surface area contributed by atoms with Crippen LogP contribution in [0.15, 0.2) is 78.9 Å². The van der Waals surface area contributed by atoms with E-state index in [2.05, 4.69) is 5.32 Å². The summed E-state index contributed by atoms with van der Waals surface area (Å²) in [5.74, 6) is 1.28. The minimum atomic E-state index is -0.118. The van der Waals surface area contributed by atoms with Crippen LogP contribution in [-0.2, 0) is 4.79 Å². The van der Waals surface area contributed by atoms with Gasteiger partial charge in [0.15, 0.2) is 5.78 Å². The van der Waals surface area contributed by atoms with Crippen LogP contribution in [0.25, 0.3) is 0 Å². The number of rotatable bonds is 8. The number of ether oxygens (including phenoxy) is 1. The van der Waals surface area contributed by atoms with Gasteiger partial charge in [-0.15, -0.1) is 0 Å². The monoisotopic (exact) mass is 393 g/mol. The van der Waals surface area contributed by atoms with Gasteiger partial charge in [0.1, 0.15) is 11.5 Å². The molecule has 0 aliphatic heterocycles. The second kappa shape index (κ2) is 9.72. The lowest BCUT2D eigenvalue weighted by Gasteiger charge is -2.08. The normalized spacial score (nSPS) is 10.3. The second-order valence-corrected chi connectivity index (χ2v) is 6.71. The van der Waals surface area contributed by atoms with Gasteiger partial charge in [0, 0.05) is 29.1 Å². The van der Waals surface area contributed by atoms with Gasteiger partial charge in [-0.2, -0.15) is 0 Å². The van der Waals surface area contributed by atoms with Crippen LogP contribution in [-0.4, -0.2) is 11.7 Å². The minimum absolute atomic E-state index is 0.0529. The van der Waals surface area contributed by atoms with Crippen molar-refractivity contribution >= 4 is 29.0 Å². The number of ketones is 1. The lowest BCUT2D eigenvalue weighted by molar-refractivity contribution is -0.116. The van der Waals surface area contributed by atoms with E-state index >= 15 is 0 Å². The van der Waals surface area contributed by atoms with E-state index in [1.807, 2.05) is 18.2 Å². The molecule has 4 nitrogen and oxygen atoms in total. The number of hydrogen-bond acceptors (Lipinski definition) is 3. The first kappa shape index (κ1) is 19.6. The maximum atomic E-state index is 12.1. The minimum Gasteiger partial charge on any atom is -0.457 e. The van der Waals surface area contributed by atoms with Gasteiger partial charge < -0.3 is 10.1 Å². The van der Waals surface area contributed by atoms with E-state index in [0.29, 0.717) is 47.0 Å². The summed E-state index contributed by atoms with van der Waals surface area (Å²) < 4.78 is 5.72. The second-order valence-electron chi connectivity index (χ2n) is 6.27. The van der Waals surface area contributed by atoms with Crippen molar-refractivity contribution in [2.45, 2.75) is 19.3 Å². The highest BCUT2D eigenvalue weighted by Gasteiger charge is 2.08. The molecule has 0 atom stereocenters. The van der Waals surface area contributed by atoms with Gasteiger partial charge in [-0.1, -0.05) is 41.9 Å². The number of carbonyl (C=O) groups excluding carboxylic acids is 2. The maximum Gasteiger partial charge on any atom is 0.224 e. The highest BCUT2D eigenvalue weighted by molar-refractivity contribution is 6.30. The van der Waals surface area contributed by atoms with Crippen LogP contribution >= 0.6 is 11.6 Å². The summed E-state index contributed by atoms with van der Waals surface area (Å²) >= 11 is 5.85. The van der Waals surface area contributed by atoms with Crippen LogP contribution < -0.4 is 10.1 Å². The molecule has 0 saturated carbocycles. The summed E-state index contributed by atoms with van der Waals surface area (Å²) in [6.45, 7) is 0. The number of hydrogen-bond donors (Lipinski definition) is 1. The molecule has 1 amide bonds. The molecule has 142 valence electrons. The zero-order chi connectivity index (χ0) is 19.8. The molecule has 0 radical (unpaired) electrons. The summed E-state index contributed by atoms with van der Waals surface area (Å²) in [4.78, 5) is 24.1. The molecule has 3 aromatic rings. The summed E-state index contributed by atoms with van der Waals surface area (Å²) in [5, 5.41) is 3.48. The van der Waals surface area contributed by atoms with Gasteiger partial charge >= 0.3 is 0 Å². The van der Waals surface area contributed by atoms with Gasteiger partial charge in [-0.05, 0) is 55.0 Å². The third kappa shape index (κ3) is 5.96. The first-order valence-electron chi connectivity index (χ1n) is 9.02.